The van der Waals surface area contributed by atoms with Crippen LogP contribution in [0.2, 0.25) is 0 Å². The molecule has 0 radical (unpaired) electrons. The molecule has 1 fully saturated rings. The molecule has 1 heterocycles. The SMILES string of the molecule is CC(C)(C)C(NC(=O)C1(N)CCOCC1)c1ccccc1. The number of nitrogens with one attached hydrogen (secondary N) is 1. The van der Waals surface area contributed by atoms with Gasteiger partial charge < -0.3 is 15.8 Å². The average molecular weight is 290 g/mol. The van der Waals surface area contributed by atoms with E-state index in [1.54, 1.807) is 0 Å². The highest BCUT2D eigenvalue weighted by Gasteiger charge is 2.38. The number of hydrogen-bond donors (Lipinski definition) is 2. The van der Waals surface area contributed by atoms with Crippen molar-refractivity contribution in [3.63, 3.8) is 0 Å². The molecule has 0 spiro atoms. The normalized spacial score (nSPS) is 19.8. The summed E-state index contributed by atoms with van der Waals surface area (Å²) >= 11 is 0. The number of amides is 1. The van der Waals surface area contributed by atoms with Gasteiger partial charge in [0.2, 0.25) is 5.91 Å². The maximum Gasteiger partial charge on any atom is 0.240 e. The minimum atomic E-state index is -0.809. The quantitative estimate of drug-likeness (QED) is 0.898. The third-order valence-electron chi connectivity index (χ3n) is 4.11. The molecule has 1 saturated heterocycles. The van der Waals surface area contributed by atoms with Gasteiger partial charge in [0, 0.05) is 13.2 Å². The average Bonchev–Trinajstić information content (AvgIpc) is 2.45. The topological polar surface area (TPSA) is 64.4 Å². The van der Waals surface area contributed by atoms with E-state index in [2.05, 4.69) is 26.1 Å². The van der Waals surface area contributed by atoms with Gasteiger partial charge >= 0.3 is 0 Å². The largest absolute Gasteiger partial charge is 0.381 e. The van der Waals surface area contributed by atoms with Crippen molar-refractivity contribution in [2.75, 3.05) is 13.2 Å². The number of hydrogen-bond acceptors (Lipinski definition) is 3. The van der Waals surface area contributed by atoms with E-state index in [1.165, 1.54) is 0 Å². The smallest absolute Gasteiger partial charge is 0.240 e. The molecule has 1 aromatic carbocycles. The Bertz CT molecular complexity index is 473. The van der Waals surface area contributed by atoms with Crippen LogP contribution in [-0.4, -0.2) is 24.7 Å². The maximum absolute atomic E-state index is 12.7. The van der Waals surface area contributed by atoms with Crippen LogP contribution in [0, 0.1) is 5.41 Å². The van der Waals surface area contributed by atoms with E-state index in [1.807, 2.05) is 30.3 Å². The second-order valence-electron chi connectivity index (χ2n) is 6.95. The van der Waals surface area contributed by atoms with Gasteiger partial charge in [-0.2, -0.15) is 0 Å². The first-order valence-corrected chi connectivity index (χ1v) is 7.55. The van der Waals surface area contributed by atoms with Gasteiger partial charge in [0.15, 0.2) is 0 Å². The molecule has 0 bridgehead atoms. The summed E-state index contributed by atoms with van der Waals surface area (Å²) in [5.74, 6) is -0.0745. The lowest BCUT2D eigenvalue weighted by molar-refractivity contribution is -0.131. The van der Waals surface area contributed by atoms with Crippen molar-refractivity contribution in [2.45, 2.75) is 45.2 Å². The molecule has 4 nitrogen and oxygen atoms in total. The third-order valence-corrected chi connectivity index (χ3v) is 4.11. The van der Waals surface area contributed by atoms with E-state index in [9.17, 15) is 4.79 Å². The highest BCUT2D eigenvalue weighted by Crippen LogP contribution is 2.33. The first kappa shape index (κ1) is 16.0. The minimum absolute atomic E-state index is 0.0607. The van der Waals surface area contributed by atoms with E-state index in [0.29, 0.717) is 26.1 Å². The van der Waals surface area contributed by atoms with Gasteiger partial charge in [0.05, 0.1) is 11.6 Å². The van der Waals surface area contributed by atoms with E-state index in [0.717, 1.165) is 5.56 Å². The molecular formula is C17H26N2O2. The Hall–Kier alpha value is -1.39. The lowest BCUT2D eigenvalue weighted by Crippen LogP contribution is -2.58. The molecule has 116 valence electrons. The molecule has 4 heteroatoms. The number of benzene rings is 1. The van der Waals surface area contributed by atoms with Crippen LogP contribution in [0.15, 0.2) is 30.3 Å². The molecule has 1 unspecified atom stereocenters. The van der Waals surface area contributed by atoms with Crippen LogP contribution in [0.25, 0.3) is 0 Å². The van der Waals surface area contributed by atoms with Gasteiger partial charge in [-0.3, -0.25) is 4.79 Å². The fourth-order valence-electron chi connectivity index (χ4n) is 2.68. The number of ether oxygens (including phenoxy) is 1. The van der Waals surface area contributed by atoms with Crippen LogP contribution in [0.1, 0.15) is 45.2 Å². The van der Waals surface area contributed by atoms with Crippen molar-refractivity contribution in [3.05, 3.63) is 35.9 Å². The molecule has 2 rings (SSSR count). The highest BCUT2D eigenvalue weighted by atomic mass is 16.5. The zero-order valence-electron chi connectivity index (χ0n) is 13.2. The van der Waals surface area contributed by atoms with Gasteiger partial charge in [-0.05, 0) is 23.8 Å². The Labute approximate surface area is 127 Å². The van der Waals surface area contributed by atoms with Crippen LogP contribution < -0.4 is 11.1 Å². The molecule has 3 N–H and O–H groups in total. The van der Waals surface area contributed by atoms with Crippen LogP contribution in [0.4, 0.5) is 0 Å². The Morgan fingerprint density at radius 2 is 1.81 bits per heavy atom. The number of carbonyl (C=O) groups is 1. The van der Waals surface area contributed by atoms with Crippen LogP contribution in [0.5, 0.6) is 0 Å². The van der Waals surface area contributed by atoms with Gasteiger partial charge in [-0.1, -0.05) is 51.1 Å². The predicted octanol–water partition coefficient (Wildman–Crippen LogP) is 2.40. The monoisotopic (exact) mass is 290 g/mol. The van der Waals surface area contributed by atoms with E-state index < -0.39 is 5.54 Å². The second kappa shape index (κ2) is 6.16. The van der Waals surface area contributed by atoms with Crippen molar-refractivity contribution in [3.8, 4) is 0 Å². The fraction of sp³-hybridized carbons (Fsp3) is 0.588. The molecule has 0 saturated carbocycles. The minimum Gasteiger partial charge on any atom is -0.381 e. The maximum atomic E-state index is 12.7. The molecule has 0 aromatic heterocycles. The third kappa shape index (κ3) is 3.83. The zero-order chi connectivity index (χ0) is 15.5. The first-order valence-electron chi connectivity index (χ1n) is 7.55. The summed E-state index contributed by atoms with van der Waals surface area (Å²) in [6.45, 7) is 7.47. The Morgan fingerprint density at radius 1 is 1.24 bits per heavy atom. The summed E-state index contributed by atoms with van der Waals surface area (Å²) in [7, 11) is 0. The first-order chi connectivity index (χ1) is 9.83. The Morgan fingerprint density at radius 3 is 2.33 bits per heavy atom. The second-order valence-corrected chi connectivity index (χ2v) is 6.95. The van der Waals surface area contributed by atoms with E-state index in [-0.39, 0.29) is 17.4 Å². The van der Waals surface area contributed by atoms with Gasteiger partial charge in [-0.15, -0.1) is 0 Å². The lowest BCUT2D eigenvalue weighted by Gasteiger charge is -2.37. The molecule has 1 aliphatic rings. The predicted molar refractivity (Wildman–Crippen MR) is 83.8 cm³/mol. The van der Waals surface area contributed by atoms with Gasteiger partial charge in [-0.25, -0.2) is 0 Å². The van der Waals surface area contributed by atoms with Gasteiger partial charge in [0.1, 0.15) is 0 Å². The van der Waals surface area contributed by atoms with E-state index >= 15 is 0 Å². The Kier molecular flexibility index (Phi) is 4.69. The standard InChI is InChI=1S/C17H26N2O2/c1-16(2,3)14(13-7-5-4-6-8-13)19-15(20)17(18)9-11-21-12-10-17/h4-8,14H,9-12,18H2,1-3H3,(H,19,20). The van der Waals surface area contributed by atoms with Crippen molar-refractivity contribution in [1.82, 2.24) is 5.32 Å². The molecule has 1 aromatic rings. The molecule has 21 heavy (non-hydrogen) atoms. The summed E-state index contributed by atoms with van der Waals surface area (Å²) in [6, 6.07) is 10.00. The Balaban J connectivity index is 2.18. The van der Waals surface area contributed by atoms with Crippen molar-refractivity contribution < 1.29 is 9.53 Å². The van der Waals surface area contributed by atoms with Crippen molar-refractivity contribution >= 4 is 5.91 Å². The van der Waals surface area contributed by atoms with Crippen molar-refractivity contribution in [2.24, 2.45) is 11.1 Å². The fourth-order valence-corrected chi connectivity index (χ4v) is 2.68. The number of rotatable bonds is 3. The molecule has 0 aliphatic carbocycles. The van der Waals surface area contributed by atoms with Crippen LogP contribution in [0.3, 0.4) is 0 Å². The summed E-state index contributed by atoms with van der Waals surface area (Å²) in [6.07, 6.45) is 1.15. The van der Waals surface area contributed by atoms with Gasteiger partial charge in [0.25, 0.3) is 0 Å². The molecular weight excluding hydrogens is 264 g/mol. The summed E-state index contributed by atoms with van der Waals surface area (Å²) < 4.78 is 5.31. The molecule has 1 aliphatic heterocycles. The highest BCUT2D eigenvalue weighted by molar-refractivity contribution is 5.86. The summed E-state index contributed by atoms with van der Waals surface area (Å²) in [4.78, 5) is 12.7. The molecule has 1 atom stereocenters. The number of nitrogens with two attached hydrogens (primary N) is 1. The molecule has 1 amide bonds. The van der Waals surface area contributed by atoms with Crippen LogP contribution >= 0.6 is 0 Å². The van der Waals surface area contributed by atoms with E-state index in [4.69, 9.17) is 10.5 Å². The zero-order valence-corrected chi connectivity index (χ0v) is 13.2. The van der Waals surface area contributed by atoms with Crippen LogP contribution in [-0.2, 0) is 9.53 Å². The van der Waals surface area contributed by atoms with Crippen molar-refractivity contribution in [1.29, 1.82) is 0 Å². The summed E-state index contributed by atoms with van der Waals surface area (Å²) in [5.41, 5.74) is 6.49. The lowest BCUT2D eigenvalue weighted by atomic mass is 9.81. The number of carbonyl (C=O) groups excluding carboxylic acids is 1. The summed E-state index contributed by atoms with van der Waals surface area (Å²) in [5, 5.41) is 3.16.